The summed E-state index contributed by atoms with van der Waals surface area (Å²) < 4.78 is 20.9. The van der Waals surface area contributed by atoms with Crippen molar-refractivity contribution in [3.8, 4) is 11.4 Å². The first-order valence-electron chi connectivity index (χ1n) is 10.9. The third-order valence-corrected chi connectivity index (χ3v) is 6.19. The van der Waals surface area contributed by atoms with Gasteiger partial charge in [-0.2, -0.15) is 4.98 Å². The number of anilines is 3. The molecule has 0 fully saturated rings. The molecule has 0 saturated carbocycles. The van der Waals surface area contributed by atoms with Crippen LogP contribution in [-0.4, -0.2) is 40.7 Å². The maximum atomic E-state index is 13.5. The Morgan fingerprint density at radius 1 is 1.15 bits per heavy atom. The summed E-state index contributed by atoms with van der Waals surface area (Å²) in [6, 6.07) is 12.4. The molecule has 0 saturated heterocycles. The Kier molecular flexibility index (Phi) is 5.83. The molecule has 34 heavy (non-hydrogen) atoms. The van der Waals surface area contributed by atoms with E-state index in [0.29, 0.717) is 16.9 Å². The lowest BCUT2D eigenvalue weighted by Crippen LogP contribution is -2.16. The molecule has 2 aromatic carbocycles. The zero-order valence-electron chi connectivity index (χ0n) is 19.1. The van der Waals surface area contributed by atoms with Crippen molar-refractivity contribution in [1.82, 2.24) is 19.5 Å². The average molecular weight is 479 g/mol. The van der Waals surface area contributed by atoms with Crippen molar-refractivity contribution in [1.29, 1.82) is 0 Å². The standard InChI is InChI=1S/C25H24ClFN6O/c1-32(2)24-19-10-9-18(15-4-6-16(27)7-5-15)23(19)30-25(31-24)29-17-8-11-20(21(12-17)34-3)33-13-22(26)28-14-33/h4-8,11-14,18H,9-10H2,1-3H3,(H,29,30,31)/t18-/m1/s1. The molecule has 0 amide bonds. The van der Waals surface area contributed by atoms with Crippen LogP contribution in [0.15, 0.2) is 55.0 Å². The summed E-state index contributed by atoms with van der Waals surface area (Å²) in [5.41, 5.74) is 4.76. The highest BCUT2D eigenvalue weighted by atomic mass is 35.5. The number of hydrogen-bond acceptors (Lipinski definition) is 6. The van der Waals surface area contributed by atoms with Crippen molar-refractivity contribution in [2.75, 3.05) is 31.4 Å². The number of nitrogens with zero attached hydrogens (tertiary/aromatic N) is 5. The minimum atomic E-state index is -0.239. The van der Waals surface area contributed by atoms with Crippen molar-refractivity contribution in [2.24, 2.45) is 0 Å². The fourth-order valence-electron chi connectivity index (χ4n) is 4.42. The van der Waals surface area contributed by atoms with Crippen molar-refractivity contribution in [2.45, 2.75) is 18.8 Å². The van der Waals surface area contributed by atoms with E-state index in [9.17, 15) is 4.39 Å². The van der Waals surface area contributed by atoms with Crippen LogP contribution in [0.4, 0.5) is 21.8 Å². The lowest BCUT2D eigenvalue weighted by Gasteiger charge is -2.19. The Morgan fingerprint density at radius 3 is 2.62 bits per heavy atom. The van der Waals surface area contributed by atoms with Gasteiger partial charge in [0.2, 0.25) is 5.95 Å². The van der Waals surface area contributed by atoms with Gasteiger partial charge >= 0.3 is 0 Å². The van der Waals surface area contributed by atoms with Crippen LogP contribution in [0.5, 0.6) is 5.75 Å². The van der Waals surface area contributed by atoms with Gasteiger partial charge < -0.3 is 19.5 Å². The predicted molar refractivity (Wildman–Crippen MR) is 131 cm³/mol. The van der Waals surface area contributed by atoms with Crippen LogP contribution < -0.4 is 15.0 Å². The second-order valence-corrected chi connectivity index (χ2v) is 8.77. The molecule has 0 unspecified atom stereocenters. The average Bonchev–Trinajstić information content (AvgIpc) is 3.45. The fraction of sp³-hybridized carbons (Fsp3) is 0.240. The number of rotatable bonds is 6. The molecular weight excluding hydrogens is 455 g/mol. The third-order valence-electron chi connectivity index (χ3n) is 5.99. The third kappa shape index (κ3) is 4.17. The summed E-state index contributed by atoms with van der Waals surface area (Å²) in [6.45, 7) is 0. The molecule has 1 aliphatic rings. The largest absolute Gasteiger partial charge is 0.494 e. The highest BCUT2D eigenvalue weighted by molar-refractivity contribution is 6.29. The topological polar surface area (TPSA) is 68.1 Å². The van der Waals surface area contributed by atoms with Crippen LogP contribution in [0.3, 0.4) is 0 Å². The van der Waals surface area contributed by atoms with Crippen molar-refractivity contribution in [3.05, 3.63) is 82.8 Å². The number of nitrogens with one attached hydrogen (secondary N) is 1. The van der Waals surface area contributed by atoms with Gasteiger partial charge in [0.1, 0.15) is 28.9 Å². The zero-order chi connectivity index (χ0) is 23.8. The van der Waals surface area contributed by atoms with Gasteiger partial charge in [-0.05, 0) is 42.7 Å². The van der Waals surface area contributed by atoms with Crippen LogP contribution in [0.2, 0.25) is 5.15 Å². The van der Waals surface area contributed by atoms with Gasteiger partial charge in [-0.15, -0.1) is 0 Å². The molecule has 0 aliphatic heterocycles. The molecule has 9 heteroatoms. The van der Waals surface area contributed by atoms with Gasteiger partial charge in [0.25, 0.3) is 0 Å². The van der Waals surface area contributed by atoms with Gasteiger partial charge in [0.05, 0.1) is 18.5 Å². The number of fused-ring (bicyclic) bond motifs is 1. The van der Waals surface area contributed by atoms with Crippen molar-refractivity contribution >= 4 is 29.1 Å². The van der Waals surface area contributed by atoms with Gasteiger partial charge in [0.15, 0.2) is 0 Å². The van der Waals surface area contributed by atoms with E-state index in [0.717, 1.165) is 46.9 Å². The molecule has 7 nitrogen and oxygen atoms in total. The highest BCUT2D eigenvalue weighted by Gasteiger charge is 2.30. The summed E-state index contributed by atoms with van der Waals surface area (Å²) in [4.78, 5) is 15.8. The molecule has 1 N–H and O–H groups in total. The Hall–Kier alpha value is -3.65. The maximum Gasteiger partial charge on any atom is 0.229 e. The number of aromatic nitrogens is 4. The lowest BCUT2D eigenvalue weighted by atomic mass is 9.97. The van der Waals surface area contributed by atoms with Crippen LogP contribution in [0.25, 0.3) is 5.69 Å². The quantitative estimate of drug-likeness (QED) is 0.403. The van der Waals surface area contributed by atoms with Gasteiger partial charge in [-0.3, -0.25) is 0 Å². The van der Waals surface area contributed by atoms with Gasteiger partial charge in [-0.1, -0.05) is 23.7 Å². The predicted octanol–water partition coefficient (Wildman–Crippen LogP) is 5.35. The van der Waals surface area contributed by atoms with E-state index in [4.69, 9.17) is 26.3 Å². The lowest BCUT2D eigenvalue weighted by molar-refractivity contribution is 0.413. The van der Waals surface area contributed by atoms with E-state index < -0.39 is 0 Å². The summed E-state index contributed by atoms with van der Waals surface area (Å²) >= 11 is 5.97. The van der Waals surface area contributed by atoms with E-state index in [2.05, 4.69) is 10.3 Å². The fourth-order valence-corrected chi connectivity index (χ4v) is 4.56. The van der Waals surface area contributed by atoms with Crippen LogP contribution in [0, 0.1) is 5.82 Å². The monoisotopic (exact) mass is 478 g/mol. The smallest absolute Gasteiger partial charge is 0.229 e. The summed E-state index contributed by atoms with van der Waals surface area (Å²) in [5, 5.41) is 3.73. The minimum absolute atomic E-state index is 0.0979. The van der Waals surface area contributed by atoms with Crippen LogP contribution >= 0.6 is 11.6 Å². The number of methoxy groups -OCH3 is 1. The molecule has 5 rings (SSSR count). The second-order valence-electron chi connectivity index (χ2n) is 8.39. The van der Waals surface area contributed by atoms with E-state index >= 15 is 0 Å². The zero-order valence-corrected chi connectivity index (χ0v) is 19.8. The van der Waals surface area contributed by atoms with Crippen molar-refractivity contribution < 1.29 is 9.13 Å². The van der Waals surface area contributed by atoms with Crippen LogP contribution in [-0.2, 0) is 6.42 Å². The molecule has 4 aromatic rings. The van der Waals surface area contributed by atoms with E-state index in [1.807, 2.05) is 49.3 Å². The molecule has 2 heterocycles. The molecular formula is C25H24ClFN6O. The Bertz CT molecular complexity index is 1340. The maximum absolute atomic E-state index is 13.5. The van der Waals surface area contributed by atoms with Crippen molar-refractivity contribution in [3.63, 3.8) is 0 Å². The molecule has 1 atom stereocenters. The van der Waals surface area contributed by atoms with Gasteiger partial charge in [0, 0.05) is 43.5 Å². The number of benzene rings is 2. The van der Waals surface area contributed by atoms with E-state index in [-0.39, 0.29) is 11.7 Å². The molecule has 174 valence electrons. The summed E-state index contributed by atoms with van der Waals surface area (Å²) in [5.74, 6) is 1.89. The summed E-state index contributed by atoms with van der Waals surface area (Å²) in [7, 11) is 5.57. The second kappa shape index (κ2) is 8.95. The Morgan fingerprint density at radius 2 is 1.94 bits per heavy atom. The first kappa shape index (κ1) is 22.2. The van der Waals surface area contributed by atoms with Gasteiger partial charge in [-0.25, -0.2) is 14.4 Å². The normalized spacial score (nSPS) is 14.7. The first-order valence-corrected chi connectivity index (χ1v) is 11.3. The Labute approximate surface area is 202 Å². The molecule has 0 spiro atoms. The minimum Gasteiger partial charge on any atom is -0.494 e. The Balaban J connectivity index is 1.50. The molecule has 0 bridgehead atoms. The number of ether oxygens (including phenoxy) is 1. The molecule has 2 aromatic heterocycles. The molecule has 1 aliphatic carbocycles. The van der Waals surface area contributed by atoms with E-state index in [1.54, 1.807) is 24.2 Å². The SMILES string of the molecule is COc1cc(Nc2nc3c(c(N(C)C)n2)CC[C@@H]3c2ccc(F)cc2)ccc1-n1cnc(Cl)c1. The highest BCUT2D eigenvalue weighted by Crippen LogP contribution is 2.41. The first-order chi connectivity index (χ1) is 16.4. The molecule has 0 radical (unpaired) electrons. The summed E-state index contributed by atoms with van der Waals surface area (Å²) in [6.07, 6.45) is 5.14. The number of hydrogen-bond donors (Lipinski definition) is 1. The van der Waals surface area contributed by atoms with Crippen LogP contribution in [0.1, 0.15) is 29.2 Å². The number of halogens is 2. The van der Waals surface area contributed by atoms with E-state index in [1.165, 1.54) is 12.1 Å². The number of imidazole rings is 1.